The van der Waals surface area contributed by atoms with Gasteiger partial charge in [0.15, 0.2) is 0 Å². The Kier molecular flexibility index (Phi) is 4.02. The Morgan fingerprint density at radius 1 is 0.917 bits per heavy atom. The summed E-state index contributed by atoms with van der Waals surface area (Å²) in [5.41, 5.74) is 0. The maximum Gasteiger partial charge on any atom is 0.0866 e. The van der Waals surface area contributed by atoms with E-state index in [9.17, 15) is 0 Å². The summed E-state index contributed by atoms with van der Waals surface area (Å²) in [4.78, 5) is 0. The SMILES string of the molecule is CCCCN1C(C)N1CCCC. The third kappa shape index (κ3) is 2.46. The minimum Gasteiger partial charge on any atom is -0.222 e. The summed E-state index contributed by atoms with van der Waals surface area (Å²) in [6.45, 7) is 9.34. The van der Waals surface area contributed by atoms with E-state index in [-0.39, 0.29) is 0 Å². The van der Waals surface area contributed by atoms with Crippen LogP contribution in [0.25, 0.3) is 0 Å². The second-order valence-corrected chi connectivity index (χ2v) is 3.67. The molecule has 1 aliphatic heterocycles. The van der Waals surface area contributed by atoms with Gasteiger partial charge in [0.1, 0.15) is 0 Å². The van der Waals surface area contributed by atoms with E-state index in [1.54, 1.807) is 0 Å². The molecule has 0 amide bonds. The van der Waals surface area contributed by atoms with Crippen molar-refractivity contribution < 1.29 is 0 Å². The minimum absolute atomic E-state index is 0.725. The summed E-state index contributed by atoms with van der Waals surface area (Å²) in [6.07, 6.45) is 6.03. The first kappa shape index (κ1) is 10.0. The molecule has 2 unspecified atom stereocenters. The van der Waals surface area contributed by atoms with Gasteiger partial charge in [-0.25, -0.2) is 10.0 Å². The molecule has 0 bridgehead atoms. The average molecular weight is 170 g/mol. The lowest BCUT2D eigenvalue weighted by atomic mass is 10.3. The molecule has 2 nitrogen and oxygen atoms in total. The summed E-state index contributed by atoms with van der Waals surface area (Å²) < 4.78 is 0. The van der Waals surface area contributed by atoms with Crippen molar-refractivity contribution in [2.75, 3.05) is 13.1 Å². The van der Waals surface area contributed by atoms with Gasteiger partial charge in [-0.3, -0.25) is 0 Å². The Labute approximate surface area is 76.5 Å². The monoisotopic (exact) mass is 170 g/mol. The molecule has 0 aromatic heterocycles. The molecule has 0 aliphatic carbocycles. The van der Waals surface area contributed by atoms with E-state index in [0.717, 1.165) is 6.17 Å². The Hall–Kier alpha value is -0.0800. The number of rotatable bonds is 6. The van der Waals surface area contributed by atoms with Gasteiger partial charge < -0.3 is 0 Å². The first-order valence-electron chi connectivity index (χ1n) is 5.34. The Balaban J connectivity index is 2.06. The highest BCUT2D eigenvalue weighted by Crippen LogP contribution is 2.26. The van der Waals surface area contributed by atoms with Crippen LogP contribution in [0, 0.1) is 0 Å². The molecule has 0 saturated carbocycles. The Morgan fingerprint density at radius 3 is 1.67 bits per heavy atom. The zero-order chi connectivity index (χ0) is 8.97. The molecule has 1 aliphatic rings. The van der Waals surface area contributed by atoms with Crippen LogP contribution in [0.2, 0.25) is 0 Å². The first-order valence-corrected chi connectivity index (χ1v) is 5.34. The van der Waals surface area contributed by atoms with Gasteiger partial charge in [-0.05, 0) is 19.8 Å². The lowest BCUT2D eigenvalue weighted by Gasteiger charge is -2.02. The smallest absolute Gasteiger partial charge is 0.0866 e. The van der Waals surface area contributed by atoms with Gasteiger partial charge >= 0.3 is 0 Å². The van der Waals surface area contributed by atoms with E-state index < -0.39 is 0 Å². The van der Waals surface area contributed by atoms with Crippen molar-refractivity contribution in [1.82, 2.24) is 10.0 Å². The Bertz CT molecular complexity index is 111. The molecule has 1 fully saturated rings. The highest BCUT2D eigenvalue weighted by Gasteiger charge is 2.39. The van der Waals surface area contributed by atoms with Crippen molar-refractivity contribution in [3.05, 3.63) is 0 Å². The van der Waals surface area contributed by atoms with Gasteiger partial charge in [-0.2, -0.15) is 0 Å². The number of hydrazine groups is 1. The zero-order valence-corrected chi connectivity index (χ0v) is 8.71. The predicted molar refractivity (Wildman–Crippen MR) is 52.7 cm³/mol. The summed E-state index contributed by atoms with van der Waals surface area (Å²) in [5.74, 6) is 0. The van der Waals surface area contributed by atoms with Gasteiger partial charge in [0.25, 0.3) is 0 Å². The summed E-state index contributed by atoms with van der Waals surface area (Å²) >= 11 is 0. The molecule has 1 heterocycles. The van der Waals surface area contributed by atoms with Crippen molar-refractivity contribution in [3.8, 4) is 0 Å². The molecular formula is C10H22N2. The van der Waals surface area contributed by atoms with Crippen molar-refractivity contribution in [2.24, 2.45) is 0 Å². The first-order chi connectivity index (χ1) is 5.81. The topological polar surface area (TPSA) is 6.02 Å². The summed E-state index contributed by atoms with van der Waals surface area (Å²) in [7, 11) is 0. The fourth-order valence-electron chi connectivity index (χ4n) is 1.63. The number of hydrogen-bond donors (Lipinski definition) is 0. The van der Waals surface area contributed by atoms with Crippen LogP contribution in [0.3, 0.4) is 0 Å². The molecule has 2 atom stereocenters. The molecule has 0 aromatic carbocycles. The standard InChI is InChI=1S/C10H22N2/c1-4-6-8-11-10(3)12(11)9-7-5-2/h10H,4-9H2,1-3H3. The highest BCUT2D eigenvalue weighted by molar-refractivity contribution is 4.78. The van der Waals surface area contributed by atoms with E-state index in [0.29, 0.717) is 0 Å². The van der Waals surface area contributed by atoms with Gasteiger partial charge in [-0.15, -0.1) is 0 Å². The van der Waals surface area contributed by atoms with E-state index in [1.807, 2.05) is 0 Å². The fraction of sp³-hybridized carbons (Fsp3) is 1.00. The lowest BCUT2D eigenvalue weighted by molar-refractivity contribution is 0.298. The van der Waals surface area contributed by atoms with Crippen molar-refractivity contribution >= 4 is 0 Å². The number of nitrogens with zero attached hydrogens (tertiary/aromatic N) is 2. The van der Waals surface area contributed by atoms with Crippen LogP contribution in [-0.2, 0) is 0 Å². The average Bonchev–Trinajstić information content (AvgIpc) is 2.69. The van der Waals surface area contributed by atoms with Crippen molar-refractivity contribution in [2.45, 2.75) is 52.6 Å². The van der Waals surface area contributed by atoms with Crippen LogP contribution in [0.5, 0.6) is 0 Å². The van der Waals surface area contributed by atoms with E-state index in [2.05, 4.69) is 30.8 Å². The zero-order valence-electron chi connectivity index (χ0n) is 8.71. The predicted octanol–water partition coefficient (Wildman–Crippen LogP) is 2.47. The second-order valence-electron chi connectivity index (χ2n) is 3.67. The van der Waals surface area contributed by atoms with Gasteiger partial charge in [0.2, 0.25) is 0 Å². The van der Waals surface area contributed by atoms with Crippen LogP contribution in [0.15, 0.2) is 0 Å². The van der Waals surface area contributed by atoms with E-state index in [4.69, 9.17) is 0 Å². The maximum atomic E-state index is 2.49. The van der Waals surface area contributed by atoms with Crippen molar-refractivity contribution in [3.63, 3.8) is 0 Å². The third-order valence-electron chi connectivity index (χ3n) is 2.62. The fourth-order valence-corrected chi connectivity index (χ4v) is 1.63. The lowest BCUT2D eigenvalue weighted by Crippen LogP contribution is -2.09. The molecule has 0 N–H and O–H groups in total. The molecule has 1 saturated heterocycles. The van der Waals surface area contributed by atoms with Gasteiger partial charge in [-0.1, -0.05) is 26.7 Å². The van der Waals surface area contributed by atoms with Crippen molar-refractivity contribution in [1.29, 1.82) is 0 Å². The van der Waals surface area contributed by atoms with E-state index >= 15 is 0 Å². The minimum atomic E-state index is 0.725. The summed E-state index contributed by atoms with van der Waals surface area (Å²) in [5, 5.41) is 4.97. The molecule has 0 spiro atoms. The molecule has 72 valence electrons. The van der Waals surface area contributed by atoms with Gasteiger partial charge in [0.05, 0.1) is 6.17 Å². The van der Waals surface area contributed by atoms with Crippen LogP contribution < -0.4 is 0 Å². The molecule has 0 radical (unpaired) electrons. The molecule has 0 aromatic rings. The van der Waals surface area contributed by atoms with Crippen LogP contribution in [0.4, 0.5) is 0 Å². The maximum absolute atomic E-state index is 2.49. The van der Waals surface area contributed by atoms with Crippen LogP contribution in [-0.4, -0.2) is 29.3 Å². The molecule has 1 rings (SSSR count). The van der Waals surface area contributed by atoms with Crippen LogP contribution >= 0.6 is 0 Å². The summed E-state index contributed by atoms with van der Waals surface area (Å²) in [6, 6.07) is 0. The largest absolute Gasteiger partial charge is 0.222 e. The number of unbranched alkanes of at least 4 members (excludes halogenated alkanes) is 2. The van der Waals surface area contributed by atoms with Gasteiger partial charge in [0, 0.05) is 13.1 Å². The Morgan fingerprint density at radius 2 is 1.33 bits per heavy atom. The third-order valence-corrected chi connectivity index (χ3v) is 2.62. The quantitative estimate of drug-likeness (QED) is 0.565. The van der Waals surface area contributed by atoms with E-state index in [1.165, 1.54) is 38.8 Å². The normalized spacial score (nSPS) is 33.8. The molecule has 2 heteroatoms. The second kappa shape index (κ2) is 4.83. The number of hydrogen-bond acceptors (Lipinski definition) is 2. The van der Waals surface area contributed by atoms with Crippen LogP contribution in [0.1, 0.15) is 46.5 Å². The highest BCUT2D eigenvalue weighted by atomic mass is 15.8. The molecule has 12 heavy (non-hydrogen) atoms. The molecular weight excluding hydrogens is 148 g/mol.